The van der Waals surface area contributed by atoms with Crippen LogP contribution in [0.3, 0.4) is 0 Å². The van der Waals surface area contributed by atoms with Gasteiger partial charge in [-0.15, -0.1) is 0 Å². The molecule has 0 spiro atoms. The molecular formula is C19H17NO3. The number of aryl methyl sites for hydroxylation is 1. The van der Waals surface area contributed by atoms with Crippen LogP contribution in [0.2, 0.25) is 0 Å². The highest BCUT2D eigenvalue weighted by Gasteiger charge is 2.25. The summed E-state index contributed by atoms with van der Waals surface area (Å²) in [5.41, 5.74) is 2.91. The summed E-state index contributed by atoms with van der Waals surface area (Å²) >= 11 is 0. The van der Waals surface area contributed by atoms with E-state index in [1.807, 2.05) is 62.4 Å². The molecule has 4 heteroatoms. The fourth-order valence-corrected chi connectivity index (χ4v) is 2.37. The van der Waals surface area contributed by atoms with Crippen molar-refractivity contribution in [1.82, 2.24) is 0 Å². The summed E-state index contributed by atoms with van der Waals surface area (Å²) in [5.74, 6) is 0.609. The van der Waals surface area contributed by atoms with Gasteiger partial charge in [-0.2, -0.15) is 0 Å². The summed E-state index contributed by atoms with van der Waals surface area (Å²) in [6, 6.07) is 15.2. The Balaban J connectivity index is 1.98. The van der Waals surface area contributed by atoms with Crippen LogP contribution in [0.1, 0.15) is 23.6 Å². The molecule has 0 saturated carbocycles. The first-order valence-corrected chi connectivity index (χ1v) is 7.49. The van der Waals surface area contributed by atoms with Crippen molar-refractivity contribution < 1.29 is 14.3 Å². The predicted octanol–water partition coefficient (Wildman–Crippen LogP) is 3.74. The first kappa shape index (κ1) is 15.0. The van der Waals surface area contributed by atoms with Gasteiger partial charge in [-0.1, -0.05) is 36.4 Å². The van der Waals surface area contributed by atoms with E-state index in [2.05, 4.69) is 4.99 Å². The SMILES string of the molecule is CCOc1ccccc1/C=C1\N=C(c2ccccc2C)OC1=O. The minimum absolute atomic E-state index is 0.274. The number of nitrogens with zero attached hydrogens (tertiary/aromatic N) is 1. The largest absolute Gasteiger partial charge is 0.493 e. The lowest BCUT2D eigenvalue weighted by Gasteiger charge is -2.06. The molecule has 0 aromatic heterocycles. The summed E-state index contributed by atoms with van der Waals surface area (Å²) in [6.45, 7) is 4.43. The number of rotatable bonds is 4. The van der Waals surface area contributed by atoms with Gasteiger partial charge in [0.05, 0.1) is 6.61 Å². The quantitative estimate of drug-likeness (QED) is 0.638. The summed E-state index contributed by atoms with van der Waals surface area (Å²) in [6.07, 6.45) is 1.69. The number of esters is 1. The van der Waals surface area contributed by atoms with Crippen molar-refractivity contribution in [3.05, 3.63) is 70.9 Å². The third-order valence-corrected chi connectivity index (χ3v) is 3.51. The molecule has 0 N–H and O–H groups in total. The van der Waals surface area contributed by atoms with Gasteiger partial charge in [-0.05, 0) is 37.6 Å². The zero-order chi connectivity index (χ0) is 16.2. The Morgan fingerprint density at radius 1 is 1.13 bits per heavy atom. The molecule has 0 saturated heterocycles. The van der Waals surface area contributed by atoms with E-state index in [1.54, 1.807) is 6.08 Å². The first-order chi connectivity index (χ1) is 11.2. The summed E-state index contributed by atoms with van der Waals surface area (Å²) in [5, 5.41) is 0. The van der Waals surface area contributed by atoms with Crippen molar-refractivity contribution in [3.8, 4) is 5.75 Å². The van der Waals surface area contributed by atoms with Gasteiger partial charge in [0.25, 0.3) is 0 Å². The van der Waals surface area contributed by atoms with Gasteiger partial charge < -0.3 is 9.47 Å². The smallest absolute Gasteiger partial charge is 0.363 e. The fraction of sp³-hybridized carbons (Fsp3) is 0.158. The Labute approximate surface area is 135 Å². The van der Waals surface area contributed by atoms with Gasteiger partial charge >= 0.3 is 5.97 Å². The van der Waals surface area contributed by atoms with E-state index >= 15 is 0 Å². The molecule has 0 amide bonds. The third-order valence-electron chi connectivity index (χ3n) is 3.51. The molecule has 2 aromatic carbocycles. The zero-order valence-corrected chi connectivity index (χ0v) is 13.1. The molecular weight excluding hydrogens is 290 g/mol. The van der Waals surface area contributed by atoms with Crippen molar-refractivity contribution in [2.24, 2.45) is 4.99 Å². The minimum atomic E-state index is -0.449. The van der Waals surface area contributed by atoms with Crippen LogP contribution in [0.15, 0.2) is 59.2 Å². The van der Waals surface area contributed by atoms with E-state index in [0.717, 1.165) is 22.4 Å². The van der Waals surface area contributed by atoms with Crippen molar-refractivity contribution in [2.45, 2.75) is 13.8 Å². The predicted molar refractivity (Wildman–Crippen MR) is 89.4 cm³/mol. The molecule has 4 nitrogen and oxygen atoms in total. The van der Waals surface area contributed by atoms with Crippen LogP contribution in [0.25, 0.3) is 6.08 Å². The van der Waals surface area contributed by atoms with Crippen LogP contribution in [0, 0.1) is 6.92 Å². The molecule has 0 unspecified atom stereocenters. The topological polar surface area (TPSA) is 47.9 Å². The normalized spacial score (nSPS) is 15.5. The fourth-order valence-electron chi connectivity index (χ4n) is 2.37. The lowest BCUT2D eigenvalue weighted by atomic mass is 10.1. The van der Waals surface area contributed by atoms with Gasteiger partial charge in [0.2, 0.25) is 5.90 Å². The highest BCUT2D eigenvalue weighted by Crippen LogP contribution is 2.25. The number of hydrogen-bond acceptors (Lipinski definition) is 4. The van der Waals surface area contributed by atoms with Crippen LogP contribution in [-0.2, 0) is 9.53 Å². The number of carbonyl (C=O) groups is 1. The molecule has 23 heavy (non-hydrogen) atoms. The van der Waals surface area contributed by atoms with E-state index in [-0.39, 0.29) is 5.70 Å². The van der Waals surface area contributed by atoms with Crippen LogP contribution >= 0.6 is 0 Å². The average molecular weight is 307 g/mol. The van der Waals surface area contributed by atoms with E-state index in [9.17, 15) is 4.79 Å². The van der Waals surface area contributed by atoms with Gasteiger partial charge in [0.15, 0.2) is 5.70 Å². The number of cyclic esters (lactones) is 1. The second-order valence-corrected chi connectivity index (χ2v) is 5.12. The Kier molecular flexibility index (Phi) is 4.24. The summed E-state index contributed by atoms with van der Waals surface area (Å²) in [4.78, 5) is 16.4. The van der Waals surface area contributed by atoms with E-state index in [0.29, 0.717) is 12.5 Å². The van der Waals surface area contributed by atoms with E-state index in [1.165, 1.54) is 0 Å². The van der Waals surface area contributed by atoms with Crippen LogP contribution in [0.5, 0.6) is 5.75 Å². The molecule has 3 rings (SSSR count). The Morgan fingerprint density at radius 2 is 1.87 bits per heavy atom. The number of carbonyl (C=O) groups excluding carboxylic acids is 1. The van der Waals surface area contributed by atoms with Crippen molar-refractivity contribution in [3.63, 3.8) is 0 Å². The lowest BCUT2D eigenvalue weighted by Crippen LogP contribution is -2.06. The van der Waals surface area contributed by atoms with Crippen LogP contribution < -0.4 is 4.74 Å². The van der Waals surface area contributed by atoms with Gasteiger partial charge in [-0.25, -0.2) is 9.79 Å². The van der Waals surface area contributed by atoms with Crippen LogP contribution in [0.4, 0.5) is 0 Å². The molecule has 0 fully saturated rings. The lowest BCUT2D eigenvalue weighted by molar-refractivity contribution is -0.129. The number of aliphatic imine (C=N–C) groups is 1. The Hall–Kier alpha value is -2.88. The molecule has 1 heterocycles. The van der Waals surface area contributed by atoms with Gasteiger partial charge in [0.1, 0.15) is 5.75 Å². The molecule has 116 valence electrons. The van der Waals surface area contributed by atoms with E-state index < -0.39 is 5.97 Å². The highest BCUT2D eigenvalue weighted by molar-refractivity contribution is 6.13. The standard InChI is InChI=1S/C19H17NO3/c1-3-22-17-11-7-5-9-14(17)12-16-19(21)23-18(20-16)15-10-6-4-8-13(15)2/h4-12H,3H2,1-2H3/b16-12-. The van der Waals surface area contributed by atoms with Gasteiger partial charge in [0, 0.05) is 11.1 Å². The molecule has 1 aliphatic heterocycles. The Bertz CT molecular complexity index is 806. The number of ether oxygens (including phenoxy) is 2. The molecule has 2 aromatic rings. The number of para-hydroxylation sites is 1. The molecule has 0 radical (unpaired) electrons. The minimum Gasteiger partial charge on any atom is -0.493 e. The Morgan fingerprint density at radius 3 is 2.65 bits per heavy atom. The first-order valence-electron chi connectivity index (χ1n) is 7.49. The summed E-state index contributed by atoms with van der Waals surface area (Å²) in [7, 11) is 0. The third kappa shape index (κ3) is 3.16. The van der Waals surface area contributed by atoms with Crippen molar-refractivity contribution in [1.29, 1.82) is 0 Å². The second-order valence-electron chi connectivity index (χ2n) is 5.12. The maximum absolute atomic E-state index is 12.1. The summed E-state index contributed by atoms with van der Waals surface area (Å²) < 4.78 is 10.9. The molecule has 0 aliphatic carbocycles. The number of benzene rings is 2. The second kappa shape index (κ2) is 6.48. The highest BCUT2D eigenvalue weighted by atomic mass is 16.6. The monoisotopic (exact) mass is 307 g/mol. The number of hydrogen-bond donors (Lipinski definition) is 0. The van der Waals surface area contributed by atoms with Crippen LogP contribution in [-0.4, -0.2) is 18.5 Å². The van der Waals surface area contributed by atoms with Crippen molar-refractivity contribution >= 4 is 17.9 Å². The molecule has 0 bridgehead atoms. The van der Waals surface area contributed by atoms with Crippen molar-refractivity contribution in [2.75, 3.05) is 6.61 Å². The van der Waals surface area contributed by atoms with Gasteiger partial charge in [-0.3, -0.25) is 0 Å². The average Bonchev–Trinajstić information content (AvgIpc) is 2.91. The maximum Gasteiger partial charge on any atom is 0.363 e. The zero-order valence-electron chi connectivity index (χ0n) is 13.1. The molecule has 1 aliphatic rings. The molecule has 0 atom stereocenters. The maximum atomic E-state index is 12.1. The van der Waals surface area contributed by atoms with E-state index in [4.69, 9.17) is 9.47 Å².